The predicted octanol–water partition coefficient (Wildman–Crippen LogP) is 1.89. The smallest absolute Gasteiger partial charge is 0.265 e. The molecule has 3 heterocycles. The number of thiophene rings is 1. The Balaban J connectivity index is 2.09. The van der Waals surface area contributed by atoms with Crippen molar-refractivity contribution in [2.75, 3.05) is 31.0 Å². The van der Waals surface area contributed by atoms with Crippen molar-refractivity contribution in [3.05, 3.63) is 34.3 Å². The summed E-state index contributed by atoms with van der Waals surface area (Å²) in [5.74, 6) is -1.83. The summed E-state index contributed by atoms with van der Waals surface area (Å²) < 4.78 is 35.0. The van der Waals surface area contributed by atoms with Crippen molar-refractivity contribution in [3.8, 4) is 11.6 Å². The molecule has 3 rings (SSSR count). The number of sulfone groups is 1. The fourth-order valence-corrected chi connectivity index (χ4v) is 5.07. The van der Waals surface area contributed by atoms with E-state index in [1.165, 1.54) is 31.5 Å². The number of methoxy groups -OCH3 is 1. The zero-order chi connectivity index (χ0) is 22.9. The average Bonchev–Trinajstić information content (AvgIpc) is 3.19. The van der Waals surface area contributed by atoms with Gasteiger partial charge in [-0.2, -0.15) is 0 Å². The van der Waals surface area contributed by atoms with Crippen LogP contribution in [0.5, 0.6) is 11.6 Å². The highest BCUT2D eigenvalue weighted by Gasteiger charge is 2.45. The molecular formula is C19H21N3O7S2. The van der Waals surface area contributed by atoms with Gasteiger partial charge in [-0.25, -0.2) is 13.4 Å². The van der Waals surface area contributed by atoms with Gasteiger partial charge in [0.1, 0.15) is 14.8 Å². The van der Waals surface area contributed by atoms with Gasteiger partial charge in [-0.05, 0) is 19.1 Å². The van der Waals surface area contributed by atoms with Crippen LogP contribution in [0.1, 0.15) is 46.3 Å². The molecule has 0 aliphatic carbocycles. The first kappa shape index (κ1) is 22.7. The third-order valence-electron chi connectivity index (χ3n) is 4.42. The summed E-state index contributed by atoms with van der Waals surface area (Å²) in [7, 11) is -2.19. The lowest BCUT2D eigenvalue weighted by Gasteiger charge is -2.26. The van der Waals surface area contributed by atoms with Crippen LogP contribution in [0.15, 0.2) is 17.5 Å². The largest absolute Gasteiger partial charge is 0.491 e. The van der Waals surface area contributed by atoms with Gasteiger partial charge in [0.2, 0.25) is 5.91 Å². The van der Waals surface area contributed by atoms with Gasteiger partial charge in [-0.15, -0.1) is 11.3 Å². The van der Waals surface area contributed by atoms with Gasteiger partial charge < -0.3 is 14.8 Å². The van der Waals surface area contributed by atoms with E-state index >= 15 is 0 Å². The van der Waals surface area contributed by atoms with Crippen molar-refractivity contribution in [2.24, 2.45) is 0 Å². The van der Waals surface area contributed by atoms with Crippen LogP contribution in [-0.4, -0.2) is 61.7 Å². The average molecular weight is 468 g/mol. The fourth-order valence-electron chi connectivity index (χ4n) is 3.21. The first-order valence-electron chi connectivity index (χ1n) is 9.19. The van der Waals surface area contributed by atoms with E-state index in [0.717, 1.165) is 22.5 Å². The number of fused-ring (bicyclic) bond motifs is 1. The first-order chi connectivity index (χ1) is 14.6. The van der Waals surface area contributed by atoms with Gasteiger partial charge in [0, 0.05) is 18.6 Å². The van der Waals surface area contributed by atoms with Crippen molar-refractivity contribution >= 4 is 43.9 Å². The Morgan fingerprint density at radius 2 is 2.00 bits per heavy atom. The highest BCUT2D eigenvalue weighted by molar-refractivity contribution is 7.90. The Labute approximate surface area is 183 Å². The number of carbonyl (C=O) groups is 3. The third-order valence-corrected chi connectivity index (χ3v) is 6.24. The zero-order valence-electron chi connectivity index (χ0n) is 17.3. The molecular weight excluding hydrogens is 446 g/mol. The van der Waals surface area contributed by atoms with Gasteiger partial charge in [0.15, 0.2) is 5.75 Å². The zero-order valence-corrected chi connectivity index (χ0v) is 18.9. The number of carbonyl (C=O) groups excluding carboxylic acids is 3. The number of nitrogens with zero attached hydrogens (tertiary/aromatic N) is 2. The molecule has 0 unspecified atom stereocenters. The highest BCUT2D eigenvalue weighted by atomic mass is 32.2. The maximum absolute atomic E-state index is 13.2. The number of hydrogen-bond donors (Lipinski definition) is 1. The maximum atomic E-state index is 13.2. The van der Waals surface area contributed by atoms with Gasteiger partial charge in [0.25, 0.3) is 17.7 Å². The molecule has 0 saturated heterocycles. The molecule has 2 aromatic heterocycles. The second-order valence-corrected chi connectivity index (χ2v) is 9.86. The molecule has 0 fully saturated rings. The maximum Gasteiger partial charge on any atom is 0.265 e. The van der Waals surface area contributed by atoms with Crippen LogP contribution in [0.25, 0.3) is 0 Å². The number of pyridine rings is 1. The molecule has 2 aromatic rings. The number of aromatic nitrogens is 1. The van der Waals surface area contributed by atoms with Crippen molar-refractivity contribution in [1.82, 2.24) is 9.88 Å². The SMILES string of the molecule is CCOc1nc([C@@H](CS(C)(=O)=O)N2C(=O)c3csc(NC(C)=O)c3C2=O)ccc1OC. The molecule has 0 radical (unpaired) electrons. The van der Waals surface area contributed by atoms with Crippen molar-refractivity contribution in [1.29, 1.82) is 0 Å². The topological polar surface area (TPSA) is 132 Å². The molecule has 12 heteroatoms. The van der Waals surface area contributed by atoms with Gasteiger partial charge in [-0.1, -0.05) is 0 Å². The molecule has 31 heavy (non-hydrogen) atoms. The third kappa shape index (κ3) is 4.54. The van der Waals surface area contributed by atoms with Crippen LogP contribution >= 0.6 is 11.3 Å². The normalized spacial score (nSPS) is 14.4. The fraction of sp³-hybridized carbons (Fsp3) is 0.368. The van der Waals surface area contributed by atoms with Crippen LogP contribution in [-0.2, 0) is 14.6 Å². The number of nitrogens with one attached hydrogen (secondary N) is 1. The molecule has 10 nitrogen and oxygen atoms in total. The summed E-state index contributed by atoms with van der Waals surface area (Å²) in [4.78, 5) is 42.9. The lowest BCUT2D eigenvalue weighted by molar-refractivity contribution is -0.114. The monoisotopic (exact) mass is 467 g/mol. The molecule has 0 saturated carbocycles. The van der Waals surface area contributed by atoms with E-state index in [1.54, 1.807) is 6.92 Å². The summed E-state index contributed by atoms with van der Waals surface area (Å²) in [5.41, 5.74) is 0.310. The first-order valence-corrected chi connectivity index (χ1v) is 12.1. The minimum absolute atomic E-state index is 0.0437. The second kappa shape index (κ2) is 8.63. The molecule has 1 aliphatic heterocycles. The van der Waals surface area contributed by atoms with Crippen molar-refractivity contribution in [2.45, 2.75) is 19.9 Å². The van der Waals surface area contributed by atoms with E-state index in [9.17, 15) is 22.8 Å². The highest BCUT2D eigenvalue weighted by Crippen LogP contribution is 2.40. The molecule has 1 aliphatic rings. The lowest BCUT2D eigenvalue weighted by atomic mass is 10.1. The Kier molecular flexibility index (Phi) is 6.32. The number of imide groups is 1. The van der Waals surface area contributed by atoms with Gasteiger partial charge in [-0.3, -0.25) is 19.3 Å². The second-order valence-electron chi connectivity index (χ2n) is 6.80. The van der Waals surface area contributed by atoms with E-state index in [0.29, 0.717) is 5.75 Å². The van der Waals surface area contributed by atoms with E-state index < -0.39 is 39.4 Å². The summed E-state index contributed by atoms with van der Waals surface area (Å²) in [6.45, 7) is 3.31. The van der Waals surface area contributed by atoms with E-state index in [2.05, 4.69) is 10.3 Å². The molecule has 1 atom stereocenters. The Bertz CT molecular complexity index is 1160. The molecule has 0 bridgehead atoms. The van der Waals surface area contributed by atoms with Gasteiger partial charge >= 0.3 is 0 Å². The summed E-state index contributed by atoms with van der Waals surface area (Å²) in [6.07, 6.45) is 1.01. The quantitative estimate of drug-likeness (QED) is 0.582. The summed E-state index contributed by atoms with van der Waals surface area (Å²) in [6, 6.07) is 1.83. The lowest BCUT2D eigenvalue weighted by Crippen LogP contribution is -2.38. The van der Waals surface area contributed by atoms with Crippen LogP contribution in [0, 0.1) is 0 Å². The molecule has 0 aromatic carbocycles. The van der Waals surface area contributed by atoms with Crippen molar-refractivity contribution < 1.29 is 32.3 Å². The Hall–Kier alpha value is -2.99. The van der Waals surface area contributed by atoms with E-state index in [-0.39, 0.29) is 34.3 Å². The minimum Gasteiger partial charge on any atom is -0.491 e. The van der Waals surface area contributed by atoms with E-state index in [4.69, 9.17) is 9.47 Å². The molecule has 166 valence electrons. The Morgan fingerprint density at radius 3 is 2.58 bits per heavy atom. The predicted molar refractivity (Wildman–Crippen MR) is 114 cm³/mol. The minimum atomic E-state index is -3.62. The van der Waals surface area contributed by atoms with Crippen LogP contribution < -0.4 is 14.8 Å². The Morgan fingerprint density at radius 1 is 1.29 bits per heavy atom. The molecule has 3 amide bonds. The van der Waals surface area contributed by atoms with E-state index in [1.807, 2.05) is 0 Å². The van der Waals surface area contributed by atoms with Crippen LogP contribution in [0.2, 0.25) is 0 Å². The van der Waals surface area contributed by atoms with Gasteiger partial charge in [0.05, 0.1) is 42.3 Å². The number of amides is 3. The number of hydrogen-bond acceptors (Lipinski definition) is 9. The molecule has 1 N–H and O–H groups in total. The standard InChI is InChI=1S/C19H21N3O7S2/c1-5-29-16-14(28-3)7-6-12(21-16)13(9-31(4,26)27)22-18(24)11-8-30-17(20-10(2)23)15(11)19(22)25/h6-8,13H,5,9H2,1-4H3,(H,20,23)/t13-/m1/s1. The van der Waals surface area contributed by atoms with Crippen LogP contribution in [0.4, 0.5) is 5.00 Å². The number of anilines is 1. The number of ether oxygens (including phenoxy) is 2. The summed E-state index contributed by atoms with van der Waals surface area (Å²) >= 11 is 1.05. The van der Waals surface area contributed by atoms with Crippen molar-refractivity contribution in [3.63, 3.8) is 0 Å². The molecule has 0 spiro atoms. The summed E-state index contributed by atoms with van der Waals surface area (Å²) in [5, 5.41) is 4.23. The van der Waals surface area contributed by atoms with Crippen LogP contribution in [0.3, 0.4) is 0 Å². The number of rotatable bonds is 8.